The SMILES string of the molecule is CCc1ccc([C@H]2CN3C(=O)CN(Cc4ccc(C)cc4)C(=O)[C@]3(C)c3[nH]c4ccccc4c32)cc1. The van der Waals surface area contributed by atoms with Crippen LogP contribution in [-0.4, -0.2) is 39.7 Å². The van der Waals surface area contributed by atoms with E-state index in [0.29, 0.717) is 13.1 Å². The number of aromatic amines is 1. The summed E-state index contributed by atoms with van der Waals surface area (Å²) in [6.07, 6.45) is 0.983. The Morgan fingerprint density at radius 2 is 1.64 bits per heavy atom. The van der Waals surface area contributed by atoms with Crippen molar-refractivity contribution in [2.75, 3.05) is 13.1 Å². The number of carbonyl (C=O) groups excluding carboxylic acids is 2. The third-order valence-electron chi connectivity index (χ3n) is 8.10. The van der Waals surface area contributed by atoms with Gasteiger partial charge in [0.05, 0.1) is 5.69 Å². The van der Waals surface area contributed by atoms with Crippen molar-refractivity contribution in [2.24, 2.45) is 0 Å². The summed E-state index contributed by atoms with van der Waals surface area (Å²) in [6.45, 7) is 7.12. The molecule has 182 valence electrons. The lowest BCUT2D eigenvalue weighted by Gasteiger charge is -2.51. The Morgan fingerprint density at radius 1 is 0.944 bits per heavy atom. The molecule has 0 unspecified atom stereocenters. The van der Waals surface area contributed by atoms with Gasteiger partial charge < -0.3 is 14.8 Å². The van der Waals surface area contributed by atoms with Gasteiger partial charge in [-0.05, 0) is 48.6 Å². The second-order valence-corrected chi connectivity index (χ2v) is 10.3. The molecule has 1 fully saturated rings. The normalized spacial score (nSPS) is 21.6. The van der Waals surface area contributed by atoms with Crippen LogP contribution in [-0.2, 0) is 28.1 Å². The minimum atomic E-state index is -1.08. The monoisotopic (exact) mass is 477 g/mol. The molecule has 0 saturated carbocycles. The van der Waals surface area contributed by atoms with Crippen molar-refractivity contribution in [3.05, 3.63) is 106 Å². The second kappa shape index (κ2) is 8.37. The van der Waals surface area contributed by atoms with Crippen LogP contribution >= 0.6 is 0 Å². The van der Waals surface area contributed by atoms with E-state index in [-0.39, 0.29) is 24.3 Å². The Hall–Kier alpha value is -3.86. The van der Waals surface area contributed by atoms with Gasteiger partial charge in [0.15, 0.2) is 5.54 Å². The van der Waals surface area contributed by atoms with Gasteiger partial charge in [-0.2, -0.15) is 0 Å². The molecule has 2 atom stereocenters. The first-order valence-electron chi connectivity index (χ1n) is 12.8. The first-order valence-corrected chi connectivity index (χ1v) is 12.8. The van der Waals surface area contributed by atoms with E-state index in [1.54, 1.807) is 4.90 Å². The average Bonchev–Trinajstić information content (AvgIpc) is 3.29. The number of aryl methyl sites for hydroxylation is 2. The Labute approximate surface area is 211 Å². The lowest BCUT2D eigenvalue weighted by atomic mass is 9.76. The zero-order valence-corrected chi connectivity index (χ0v) is 21.0. The van der Waals surface area contributed by atoms with E-state index >= 15 is 0 Å². The van der Waals surface area contributed by atoms with Crippen molar-refractivity contribution in [1.29, 1.82) is 0 Å². The highest BCUT2D eigenvalue weighted by molar-refractivity contribution is 6.01. The summed E-state index contributed by atoms with van der Waals surface area (Å²) >= 11 is 0. The molecule has 2 aliphatic rings. The van der Waals surface area contributed by atoms with Crippen molar-refractivity contribution < 1.29 is 9.59 Å². The van der Waals surface area contributed by atoms with Crippen LogP contribution in [0, 0.1) is 6.92 Å². The number of rotatable bonds is 4. The van der Waals surface area contributed by atoms with Crippen LogP contribution in [0.4, 0.5) is 0 Å². The zero-order valence-electron chi connectivity index (χ0n) is 21.0. The quantitative estimate of drug-likeness (QED) is 0.435. The Morgan fingerprint density at radius 3 is 2.36 bits per heavy atom. The standard InChI is InChI=1S/C31H31N3O2/c1-4-21-13-15-23(16-14-21)25-18-34-27(35)19-33(17-22-11-9-20(2)10-12-22)30(36)31(34,3)29-28(25)24-7-5-6-8-26(24)32-29/h5-16,25,32H,4,17-19H2,1-3H3/t25-,31+/m1/s1. The minimum absolute atomic E-state index is 0.00414. The molecule has 1 aromatic heterocycles. The third-order valence-corrected chi connectivity index (χ3v) is 8.10. The molecule has 0 spiro atoms. The molecule has 4 aromatic rings. The molecule has 3 aromatic carbocycles. The van der Waals surface area contributed by atoms with E-state index in [4.69, 9.17) is 0 Å². The van der Waals surface area contributed by atoms with E-state index in [9.17, 15) is 9.59 Å². The molecule has 1 N–H and O–H groups in total. The van der Waals surface area contributed by atoms with Crippen LogP contribution < -0.4 is 0 Å². The van der Waals surface area contributed by atoms with Gasteiger partial charge >= 0.3 is 0 Å². The maximum absolute atomic E-state index is 14.2. The van der Waals surface area contributed by atoms with E-state index in [1.165, 1.54) is 16.7 Å². The lowest BCUT2D eigenvalue weighted by molar-refractivity contribution is -0.166. The van der Waals surface area contributed by atoms with Gasteiger partial charge in [0.1, 0.15) is 6.54 Å². The highest BCUT2D eigenvalue weighted by atomic mass is 16.2. The minimum Gasteiger partial charge on any atom is -0.356 e. The highest BCUT2D eigenvalue weighted by Crippen LogP contribution is 2.48. The molecule has 1 saturated heterocycles. The summed E-state index contributed by atoms with van der Waals surface area (Å²) in [5, 5.41) is 1.12. The molecule has 2 amide bonds. The molecule has 0 bridgehead atoms. The molecule has 0 aliphatic carbocycles. The van der Waals surface area contributed by atoms with Crippen LogP contribution in [0.1, 0.15) is 53.3 Å². The van der Waals surface area contributed by atoms with Crippen molar-refractivity contribution in [1.82, 2.24) is 14.8 Å². The van der Waals surface area contributed by atoms with Crippen LogP contribution in [0.15, 0.2) is 72.8 Å². The molecule has 2 aliphatic heterocycles. The molecule has 36 heavy (non-hydrogen) atoms. The molecule has 3 heterocycles. The Balaban J connectivity index is 1.48. The maximum Gasteiger partial charge on any atom is 0.255 e. The van der Waals surface area contributed by atoms with Crippen molar-refractivity contribution in [3.8, 4) is 0 Å². The van der Waals surface area contributed by atoms with Crippen molar-refractivity contribution in [2.45, 2.75) is 45.2 Å². The first kappa shape index (κ1) is 22.6. The fourth-order valence-corrected chi connectivity index (χ4v) is 6.00. The largest absolute Gasteiger partial charge is 0.356 e. The maximum atomic E-state index is 14.2. The number of aromatic nitrogens is 1. The summed E-state index contributed by atoms with van der Waals surface area (Å²) in [5.74, 6) is -0.0468. The van der Waals surface area contributed by atoms with Gasteiger partial charge in [0, 0.05) is 29.9 Å². The number of piperazine rings is 1. The number of carbonyl (C=O) groups is 2. The van der Waals surface area contributed by atoms with Gasteiger partial charge in [-0.25, -0.2) is 0 Å². The number of nitrogens with zero attached hydrogens (tertiary/aromatic N) is 2. The van der Waals surface area contributed by atoms with Gasteiger partial charge in [-0.1, -0.05) is 79.2 Å². The van der Waals surface area contributed by atoms with Crippen LogP contribution in [0.3, 0.4) is 0 Å². The number of hydrogen-bond acceptors (Lipinski definition) is 2. The molecular weight excluding hydrogens is 446 g/mol. The van der Waals surface area contributed by atoms with Crippen molar-refractivity contribution in [3.63, 3.8) is 0 Å². The number of fused-ring (bicyclic) bond motifs is 5. The Bertz CT molecular complexity index is 1470. The summed E-state index contributed by atoms with van der Waals surface area (Å²) in [6, 6.07) is 25.1. The van der Waals surface area contributed by atoms with Gasteiger partial charge in [0.2, 0.25) is 5.91 Å². The van der Waals surface area contributed by atoms with Crippen molar-refractivity contribution >= 4 is 22.7 Å². The average molecular weight is 478 g/mol. The molecule has 6 rings (SSSR count). The summed E-state index contributed by atoms with van der Waals surface area (Å²) in [4.78, 5) is 34.9. The Kier molecular flexibility index (Phi) is 5.25. The molecular formula is C31H31N3O2. The van der Waals surface area contributed by atoms with Crippen LogP contribution in [0.2, 0.25) is 0 Å². The number of hydrogen-bond donors (Lipinski definition) is 1. The third kappa shape index (κ3) is 3.37. The molecule has 5 nitrogen and oxygen atoms in total. The van der Waals surface area contributed by atoms with Gasteiger partial charge in [0.25, 0.3) is 5.91 Å². The van der Waals surface area contributed by atoms with Gasteiger partial charge in [-0.15, -0.1) is 0 Å². The fraction of sp³-hybridized carbons (Fsp3) is 0.290. The number of para-hydroxylation sites is 1. The fourth-order valence-electron chi connectivity index (χ4n) is 6.00. The number of amides is 2. The van der Waals surface area contributed by atoms with Gasteiger partial charge in [-0.3, -0.25) is 9.59 Å². The number of nitrogens with one attached hydrogen (secondary N) is 1. The van der Waals surface area contributed by atoms with Crippen LogP contribution in [0.5, 0.6) is 0 Å². The summed E-state index contributed by atoms with van der Waals surface area (Å²) in [7, 11) is 0. The van der Waals surface area contributed by atoms with E-state index < -0.39 is 5.54 Å². The number of H-pyrrole nitrogens is 1. The lowest BCUT2D eigenvalue weighted by Crippen LogP contribution is -2.67. The topological polar surface area (TPSA) is 56.4 Å². The zero-order chi connectivity index (χ0) is 25.0. The first-order chi connectivity index (χ1) is 17.4. The van der Waals surface area contributed by atoms with E-state index in [2.05, 4.69) is 48.3 Å². The second-order valence-electron chi connectivity index (χ2n) is 10.3. The predicted octanol–water partition coefficient (Wildman–Crippen LogP) is 5.27. The molecule has 0 radical (unpaired) electrons. The summed E-state index contributed by atoms with van der Waals surface area (Å²) < 4.78 is 0. The smallest absolute Gasteiger partial charge is 0.255 e. The van der Waals surface area contributed by atoms with E-state index in [0.717, 1.165) is 34.1 Å². The summed E-state index contributed by atoms with van der Waals surface area (Å²) in [5.41, 5.74) is 6.55. The number of benzene rings is 3. The van der Waals surface area contributed by atoms with E-state index in [1.807, 2.05) is 55.1 Å². The predicted molar refractivity (Wildman–Crippen MR) is 142 cm³/mol. The highest BCUT2D eigenvalue weighted by Gasteiger charge is 2.56. The van der Waals surface area contributed by atoms with Crippen LogP contribution in [0.25, 0.3) is 10.9 Å². The molecule has 5 heteroatoms.